The number of halogens is 4. The zero-order valence-electron chi connectivity index (χ0n) is 31.3. The lowest BCUT2D eigenvalue weighted by Crippen LogP contribution is -2.10. The zero-order valence-corrected chi connectivity index (χ0v) is 36.0. The highest BCUT2D eigenvalue weighted by atomic mass is 79.9. The molecule has 0 heterocycles. The molecule has 0 aliphatic carbocycles. The van der Waals surface area contributed by atoms with Crippen LogP contribution < -0.4 is 26.7 Å². The van der Waals surface area contributed by atoms with Crippen LogP contribution in [0.5, 0.6) is 17.2 Å². The first-order valence-corrected chi connectivity index (χ1v) is 21.0. The number of hydrogen-bond acceptors (Lipinski definition) is 6. The Morgan fingerprint density at radius 2 is 0.814 bits per heavy atom. The first-order valence-electron chi connectivity index (χ1n) is 17.7. The fourth-order valence-corrected chi connectivity index (χ4v) is 5.25. The lowest BCUT2D eigenvalue weighted by molar-refractivity contribution is 0.0992. The maximum absolute atomic E-state index is 11.0. The topological polar surface area (TPSA) is 168 Å². The maximum atomic E-state index is 11.0. The fraction of sp³-hybridized carbons (Fsp3) is 0.152. The van der Waals surface area contributed by atoms with Gasteiger partial charge in [0.15, 0.2) is 0 Å². The molecule has 0 atom stereocenters. The molecule has 6 aromatic rings. The third-order valence-electron chi connectivity index (χ3n) is 7.79. The third-order valence-corrected chi connectivity index (χ3v) is 9.31. The molecule has 3 amide bonds. The van der Waals surface area contributed by atoms with Crippen LogP contribution in [0.15, 0.2) is 146 Å². The number of primary amides is 3. The number of alkyl halides is 4. The Bertz CT molecular complexity index is 2080. The largest absolute Gasteiger partial charge is 0.508 e. The van der Waals surface area contributed by atoms with E-state index in [2.05, 4.69) is 31.9 Å². The Labute approximate surface area is 372 Å². The molecule has 0 fully saturated rings. The molecule has 6 aromatic carbocycles. The van der Waals surface area contributed by atoms with Gasteiger partial charge in [0.1, 0.15) is 23.9 Å². The third kappa shape index (κ3) is 17.6. The van der Waals surface area contributed by atoms with Crippen molar-refractivity contribution in [2.75, 3.05) is 35.6 Å². The van der Waals surface area contributed by atoms with E-state index in [0.717, 1.165) is 55.5 Å². The minimum atomic E-state index is -0.442. The van der Waals surface area contributed by atoms with Gasteiger partial charge in [0.05, 0.1) is 12.5 Å². The molecule has 0 aliphatic rings. The molecule has 0 saturated heterocycles. The highest BCUT2D eigenvalue weighted by Gasteiger charge is 2.05. The summed E-state index contributed by atoms with van der Waals surface area (Å²) >= 11 is 17.2. The smallest absolute Gasteiger partial charge is 0.248 e. The minimum Gasteiger partial charge on any atom is -0.508 e. The van der Waals surface area contributed by atoms with Crippen molar-refractivity contribution in [3.63, 3.8) is 0 Å². The van der Waals surface area contributed by atoms with Crippen LogP contribution in [0, 0.1) is 0 Å². The number of phenolic OH excluding ortho intramolecular Hbond substituents is 1. The average molecular weight is 969 g/mol. The molecule has 7 N–H and O–H groups in total. The van der Waals surface area contributed by atoms with Crippen molar-refractivity contribution in [3.8, 4) is 50.6 Å². The Balaban J connectivity index is 0.000000290. The molecule has 0 spiro atoms. The maximum Gasteiger partial charge on any atom is 0.248 e. The Kier molecular flexibility index (Phi) is 23.1. The van der Waals surface area contributed by atoms with E-state index in [-0.39, 0.29) is 13.2 Å². The Morgan fingerprint density at radius 3 is 1.12 bits per heavy atom. The number of amides is 3. The van der Waals surface area contributed by atoms with Crippen molar-refractivity contribution in [3.05, 3.63) is 162 Å². The second-order valence-electron chi connectivity index (χ2n) is 11.9. The number of carbonyl (C=O) groups is 3. The van der Waals surface area contributed by atoms with Gasteiger partial charge < -0.3 is 31.8 Å². The molecule has 0 unspecified atom stereocenters. The molecule has 310 valence electrons. The van der Waals surface area contributed by atoms with Crippen molar-refractivity contribution >= 4 is 72.8 Å². The van der Waals surface area contributed by atoms with Gasteiger partial charge in [0.2, 0.25) is 17.7 Å². The molecule has 9 nitrogen and oxygen atoms in total. The van der Waals surface area contributed by atoms with Crippen LogP contribution in [0.25, 0.3) is 33.4 Å². The average Bonchev–Trinajstić information content (AvgIpc) is 3.25. The van der Waals surface area contributed by atoms with E-state index >= 15 is 0 Å². The number of rotatable bonds is 13. The zero-order chi connectivity index (χ0) is 42.3. The van der Waals surface area contributed by atoms with Crippen LogP contribution in [0.4, 0.5) is 0 Å². The summed E-state index contributed by atoms with van der Waals surface area (Å²) in [6.07, 6.45) is 0. The molecule has 0 aromatic heterocycles. The molecular weight excluding hydrogens is 921 g/mol. The summed E-state index contributed by atoms with van der Waals surface area (Å²) in [4.78, 5) is 32.9. The number of hydrogen-bond donors (Lipinski definition) is 4. The van der Waals surface area contributed by atoms with E-state index in [1.54, 1.807) is 66.7 Å². The van der Waals surface area contributed by atoms with Crippen LogP contribution in [-0.4, -0.2) is 58.5 Å². The van der Waals surface area contributed by atoms with E-state index in [4.69, 9.17) is 49.9 Å². The van der Waals surface area contributed by atoms with Gasteiger partial charge >= 0.3 is 0 Å². The second-order valence-corrected chi connectivity index (χ2v) is 14.2. The van der Waals surface area contributed by atoms with Gasteiger partial charge in [-0.1, -0.05) is 112 Å². The molecule has 0 saturated carbocycles. The molecule has 0 aliphatic heterocycles. The summed E-state index contributed by atoms with van der Waals surface area (Å²) in [5, 5.41) is 11.0. The number of phenols is 1. The quantitative estimate of drug-likeness (QED) is 0.0840. The number of ether oxygens (including phenoxy) is 2. The van der Waals surface area contributed by atoms with Crippen molar-refractivity contribution in [2.45, 2.75) is 7.43 Å². The predicted octanol–water partition coefficient (Wildman–Crippen LogP) is 10.7. The van der Waals surface area contributed by atoms with Gasteiger partial charge in [-0.3, -0.25) is 14.4 Å². The van der Waals surface area contributed by atoms with E-state index < -0.39 is 17.7 Å². The van der Waals surface area contributed by atoms with E-state index in [1.807, 2.05) is 78.9 Å². The summed E-state index contributed by atoms with van der Waals surface area (Å²) in [7, 11) is 0. The summed E-state index contributed by atoms with van der Waals surface area (Å²) in [5.41, 5.74) is 23.0. The van der Waals surface area contributed by atoms with Crippen LogP contribution in [0.2, 0.25) is 0 Å². The molecule has 6 rings (SSSR count). The number of benzene rings is 6. The highest BCUT2D eigenvalue weighted by Crippen LogP contribution is 2.26. The summed E-state index contributed by atoms with van der Waals surface area (Å²) < 4.78 is 11.0. The molecule has 13 heteroatoms. The predicted molar refractivity (Wildman–Crippen MR) is 250 cm³/mol. The lowest BCUT2D eigenvalue weighted by Gasteiger charge is -2.07. The molecular formula is C46H47Br2Cl2N3O6. The van der Waals surface area contributed by atoms with Gasteiger partial charge in [-0.2, -0.15) is 0 Å². The van der Waals surface area contributed by atoms with Gasteiger partial charge in [-0.15, -0.1) is 23.2 Å². The summed E-state index contributed by atoms with van der Waals surface area (Å²) in [5.74, 6) is 1.70. The van der Waals surface area contributed by atoms with E-state index in [0.29, 0.717) is 41.7 Å². The van der Waals surface area contributed by atoms with Crippen LogP contribution in [0.1, 0.15) is 38.5 Å². The standard InChI is InChI=1S/C15H14BrNO2.C15H14ClNO2.C13H11NO2.C2H4BrCl.CH4/c2*16-8-9-19-14-3-1-2-13(10-14)11-4-6-12(7-5-11)15(17)18;14-13(16)10-6-4-9(5-7-10)11-2-1-3-12(15)8-11;3-1-2-4;/h2*1-7,10H,8-9H2,(H2,17,18);1-8,15H,(H2,14,16);1-2H2;1H4. The Hall–Kier alpha value is -5.33. The first kappa shape index (κ1) is 49.8. The second kappa shape index (κ2) is 27.4. The summed E-state index contributed by atoms with van der Waals surface area (Å²) in [6.45, 7) is 1.11. The van der Waals surface area contributed by atoms with Gasteiger partial charge in [-0.05, 0) is 106 Å². The SMILES string of the molecule is C.ClCCBr.NC(=O)c1ccc(-c2cccc(O)c2)cc1.NC(=O)c1ccc(-c2cccc(OCCBr)c2)cc1.NC(=O)c1ccc(-c2cccc(OCCCl)c2)cc1. The van der Waals surface area contributed by atoms with Crippen molar-refractivity contribution < 1.29 is 29.0 Å². The molecule has 59 heavy (non-hydrogen) atoms. The molecule has 0 radical (unpaired) electrons. The summed E-state index contributed by atoms with van der Waals surface area (Å²) in [6, 6.07) is 43.8. The molecule has 0 bridgehead atoms. The number of aromatic hydroxyl groups is 1. The highest BCUT2D eigenvalue weighted by molar-refractivity contribution is 9.09. The van der Waals surface area contributed by atoms with Crippen molar-refractivity contribution in [1.29, 1.82) is 0 Å². The fourth-order valence-electron chi connectivity index (χ4n) is 5.01. The van der Waals surface area contributed by atoms with Crippen LogP contribution in [-0.2, 0) is 0 Å². The van der Waals surface area contributed by atoms with Crippen molar-refractivity contribution in [2.24, 2.45) is 17.2 Å². The lowest BCUT2D eigenvalue weighted by atomic mass is 10.0. The number of nitrogens with two attached hydrogens (primary N) is 3. The van der Waals surface area contributed by atoms with Crippen LogP contribution in [0.3, 0.4) is 0 Å². The Morgan fingerprint density at radius 1 is 0.475 bits per heavy atom. The number of carbonyl (C=O) groups excluding carboxylic acids is 3. The normalized spacial score (nSPS) is 9.76. The first-order chi connectivity index (χ1) is 28.0. The monoisotopic (exact) mass is 965 g/mol. The van der Waals surface area contributed by atoms with Gasteiger partial charge in [-0.25, -0.2) is 0 Å². The van der Waals surface area contributed by atoms with Gasteiger partial charge in [0.25, 0.3) is 0 Å². The van der Waals surface area contributed by atoms with Gasteiger partial charge in [0, 0.05) is 33.2 Å². The van der Waals surface area contributed by atoms with E-state index in [1.165, 1.54) is 0 Å². The van der Waals surface area contributed by atoms with Crippen molar-refractivity contribution in [1.82, 2.24) is 0 Å². The minimum absolute atomic E-state index is 0. The van der Waals surface area contributed by atoms with E-state index in [9.17, 15) is 19.5 Å². The van der Waals surface area contributed by atoms with Crippen LogP contribution >= 0.6 is 55.1 Å².